The first-order chi connectivity index (χ1) is 8.15. The van der Waals surface area contributed by atoms with Crippen molar-refractivity contribution >= 4 is 27.5 Å². The van der Waals surface area contributed by atoms with Crippen LogP contribution in [-0.2, 0) is 0 Å². The van der Waals surface area contributed by atoms with Crippen molar-refractivity contribution in [1.29, 1.82) is 0 Å². The standard InChI is InChI=1S/C11H11N3O2S/c1-3-4-12-10(16)8-6(2)7-9(15)13-5-14-11(7)17-8/h3,5H,1,4H2,2H3,(H,12,16)(H,13,14,15). The van der Waals surface area contributed by atoms with Gasteiger partial charge in [0.15, 0.2) is 0 Å². The minimum Gasteiger partial charge on any atom is -0.348 e. The molecule has 0 fully saturated rings. The summed E-state index contributed by atoms with van der Waals surface area (Å²) < 4.78 is 0. The number of H-pyrrole nitrogens is 1. The van der Waals surface area contributed by atoms with Gasteiger partial charge in [0.05, 0.1) is 16.6 Å². The minimum absolute atomic E-state index is 0.204. The molecule has 2 heterocycles. The molecule has 0 spiro atoms. The van der Waals surface area contributed by atoms with Crippen LogP contribution in [0.5, 0.6) is 0 Å². The van der Waals surface area contributed by atoms with E-state index in [2.05, 4.69) is 21.9 Å². The quantitative estimate of drug-likeness (QED) is 0.803. The Hall–Kier alpha value is -1.95. The van der Waals surface area contributed by atoms with E-state index in [-0.39, 0.29) is 11.5 Å². The second-order valence-corrected chi connectivity index (χ2v) is 4.47. The Morgan fingerprint density at radius 1 is 1.71 bits per heavy atom. The highest BCUT2D eigenvalue weighted by Crippen LogP contribution is 2.26. The monoisotopic (exact) mass is 249 g/mol. The molecular weight excluding hydrogens is 238 g/mol. The number of carbonyl (C=O) groups excluding carboxylic acids is 1. The van der Waals surface area contributed by atoms with Crippen LogP contribution in [0.1, 0.15) is 15.2 Å². The number of nitrogens with one attached hydrogen (secondary N) is 2. The Morgan fingerprint density at radius 2 is 2.47 bits per heavy atom. The summed E-state index contributed by atoms with van der Waals surface area (Å²) in [5.41, 5.74) is 0.451. The number of hydrogen-bond donors (Lipinski definition) is 2. The average Bonchev–Trinajstić information content (AvgIpc) is 2.65. The summed E-state index contributed by atoms with van der Waals surface area (Å²) >= 11 is 1.22. The maximum absolute atomic E-state index is 11.8. The van der Waals surface area contributed by atoms with Gasteiger partial charge in [0, 0.05) is 6.54 Å². The molecule has 6 heteroatoms. The average molecular weight is 249 g/mol. The highest BCUT2D eigenvalue weighted by atomic mass is 32.1. The first-order valence-corrected chi connectivity index (χ1v) is 5.82. The van der Waals surface area contributed by atoms with E-state index in [1.54, 1.807) is 13.0 Å². The molecular formula is C11H11N3O2S. The van der Waals surface area contributed by atoms with Crippen LogP contribution in [-0.4, -0.2) is 22.4 Å². The number of nitrogens with zero attached hydrogens (tertiary/aromatic N) is 1. The van der Waals surface area contributed by atoms with Crippen LogP contribution in [0, 0.1) is 6.92 Å². The third-order valence-electron chi connectivity index (χ3n) is 2.35. The van der Waals surface area contributed by atoms with Gasteiger partial charge in [0.2, 0.25) is 0 Å². The van der Waals surface area contributed by atoms with Crippen LogP contribution < -0.4 is 10.9 Å². The van der Waals surface area contributed by atoms with Crippen molar-refractivity contribution in [2.75, 3.05) is 6.54 Å². The Kier molecular flexibility index (Phi) is 3.06. The molecule has 88 valence electrons. The van der Waals surface area contributed by atoms with Gasteiger partial charge in [-0.2, -0.15) is 0 Å². The van der Waals surface area contributed by atoms with Crippen molar-refractivity contribution in [2.45, 2.75) is 6.92 Å². The molecule has 0 bridgehead atoms. The summed E-state index contributed by atoms with van der Waals surface area (Å²) in [6.45, 7) is 5.67. The fraction of sp³-hybridized carbons (Fsp3) is 0.182. The summed E-state index contributed by atoms with van der Waals surface area (Å²) in [7, 11) is 0. The van der Waals surface area contributed by atoms with E-state index >= 15 is 0 Å². The van der Waals surface area contributed by atoms with Gasteiger partial charge in [-0.25, -0.2) is 4.98 Å². The van der Waals surface area contributed by atoms with E-state index in [9.17, 15) is 9.59 Å². The summed E-state index contributed by atoms with van der Waals surface area (Å²) in [5.74, 6) is -0.204. The van der Waals surface area contributed by atoms with Gasteiger partial charge in [-0.3, -0.25) is 9.59 Å². The smallest absolute Gasteiger partial charge is 0.261 e. The molecule has 1 amide bonds. The Bertz CT molecular complexity index is 642. The first-order valence-electron chi connectivity index (χ1n) is 5.01. The minimum atomic E-state index is -0.216. The van der Waals surface area contributed by atoms with Gasteiger partial charge in [0.25, 0.3) is 11.5 Å². The molecule has 0 radical (unpaired) electrons. The molecule has 0 aliphatic rings. The predicted octanol–water partition coefficient (Wildman–Crippen LogP) is 1.21. The summed E-state index contributed by atoms with van der Waals surface area (Å²) in [5, 5.41) is 3.17. The van der Waals surface area contributed by atoms with Crippen molar-refractivity contribution in [3.63, 3.8) is 0 Å². The molecule has 5 nitrogen and oxygen atoms in total. The van der Waals surface area contributed by atoms with Crippen molar-refractivity contribution in [3.8, 4) is 0 Å². The number of amides is 1. The van der Waals surface area contributed by atoms with Crippen molar-refractivity contribution < 1.29 is 4.79 Å². The van der Waals surface area contributed by atoms with E-state index in [0.29, 0.717) is 27.2 Å². The highest BCUT2D eigenvalue weighted by Gasteiger charge is 2.17. The van der Waals surface area contributed by atoms with E-state index in [1.807, 2.05) is 0 Å². The Labute approximate surface area is 101 Å². The van der Waals surface area contributed by atoms with Crippen LogP contribution in [0.4, 0.5) is 0 Å². The Balaban J connectivity index is 2.53. The van der Waals surface area contributed by atoms with Gasteiger partial charge in [-0.05, 0) is 12.5 Å². The fourth-order valence-electron chi connectivity index (χ4n) is 1.54. The molecule has 2 aromatic rings. The van der Waals surface area contributed by atoms with Gasteiger partial charge in [0.1, 0.15) is 4.83 Å². The molecule has 0 unspecified atom stereocenters. The lowest BCUT2D eigenvalue weighted by molar-refractivity contribution is 0.0961. The second kappa shape index (κ2) is 4.50. The molecule has 2 rings (SSSR count). The zero-order valence-corrected chi connectivity index (χ0v) is 10.1. The number of aromatic nitrogens is 2. The van der Waals surface area contributed by atoms with Gasteiger partial charge >= 0.3 is 0 Å². The van der Waals surface area contributed by atoms with Gasteiger partial charge in [-0.1, -0.05) is 6.08 Å². The molecule has 0 saturated carbocycles. The Morgan fingerprint density at radius 3 is 3.12 bits per heavy atom. The molecule has 0 saturated heterocycles. The number of hydrogen-bond acceptors (Lipinski definition) is 4. The van der Waals surface area contributed by atoms with E-state index in [0.717, 1.165) is 0 Å². The number of thiophene rings is 1. The van der Waals surface area contributed by atoms with Crippen molar-refractivity contribution in [2.24, 2.45) is 0 Å². The number of aryl methyl sites for hydroxylation is 1. The zero-order chi connectivity index (χ0) is 12.4. The van der Waals surface area contributed by atoms with Crippen LogP contribution in [0.25, 0.3) is 10.2 Å². The van der Waals surface area contributed by atoms with Gasteiger partial charge in [-0.15, -0.1) is 17.9 Å². The maximum atomic E-state index is 11.8. The molecule has 0 aliphatic carbocycles. The third kappa shape index (κ3) is 1.99. The zero-order valence-electron chi connectivity index (χ0n) is 9.24. The predicted molar refractivity (Wildman–Crippen MR) is 67.5 cm³/mol. The molecule has 17 heavy (non-hydrogen) atoms. The fourth-order valence-corrected chi connectivity index (χ4v) is 2.61. The van der Waals surface area contributed by atoms with Crippen LogP contribution in [0.15, 0.2) is 23.8 Å². The van der Waals surface area contributed by atoms with E-state index in [4.69, 9.17) is 0 Å². The summed E-state index contributed by atoms with van der Waals surface area (Å²) in [6, 6.07) is 0. The molecule has 2 N–H and O–H groups in total. The van der Waals surface area contributed by atoms with Crippen molar-refractivity contribution in [1.82, 2.24) is 15.3 Å². The molecule has 0 aromatic carbocycles. The number of rotatable bonds is 3. The lowest BCUT2D eigenvalue weighted by Crippen LogP contribution is -2.22. The molecule has 2 aromatic heterocycles. The number of fused-ring (bicyclic) bond motifs is 1. The summed E-state index contributed by atoms with van der Waals surface area (Å²) in [4.78, 5) is 31.1. The second-order valence-electron chi connectivity index (χ2n) is 3.47. The first kappa shape index (κ1) is 11.5. The normalized spacial score (nSPS) is 10.4. The molecule has 0 atom stereocenters. The van der Waals surface area contributed by atoms with Crippen LogP contribution in [0.3, 0.4) is 0 Å². The highest BCUT2D eigenvalue weighted by molar-refractivity contribution is 7.20. The largest absolute Gasteiger partial charge is 0.348 e. The number of carbonyl (C=O) groups is 1. The summed E-state index contributed by atoms with van der Waals surface area (Å²) in [6.07, 6.45) is 2.94. The maximum Gasteiger partial charge on any atom is 0.261 e. The number of aromatic amines is 1. The van der Waals surface area contributed by atoms with E-state index < -0.39 is 0 Å². The third-order valence-corrected chi connectivity index (χ3v) is 3.54. The van der Waals surface area contributed by atoms with E-state index in [1.165, 1.54) is 17.7 Å². The lowest BCUT2D eigenvalue weighted by Gasteiger charge is -1.99. The van der Waals surface area contributed by atoms with Crippen LogP contribution in [0.2, 0.25) is 0 Å². The van der Waals surface area contributed by atoms with Crippen molar-refractivity contribution in [3.05, 3.63) is 39.8 Å². The topological polar surface area (TPSA) is 74.8 Å². The lowest BCUT2D eigenvalue weighted by atomic mass is 10.2. The molecule has 0 aliphatic heterocycles. The van der Waals surface area contributed by atoms with Gasteiger partial charge < -0.3 is 10.3 Å². The SMILES string of the molecule is C=CCNC(=O)c1sc2nc[nH]c(=O)c2c1C. The van der Waals surface area contributed by atoms with Crippen LogP contribution >= 0.6 is 11.3 Å².